The van der Waals surface area contributed by atoms with Gasteiger partial charge < -0.3 is 10.6 Å². The lowest BCUT2D eigenvalue weighted by Gasteiger charge is -2.21. The van der Waals surface area contributed by atoms with Gasteiger partial charge in [-0.25, -0.2) is 0 Å². The summed E-state index contributed by atoms with van der Waals surface area (Å²) in [5, 5.41) is 10.2. The average Bonchev–Trinajstić information content (AvgIpc) is 2.99. The molecule has 2 heterocycles. The van der Waals surface area contributed by atoms with E-state index in [0.29, 0.717) is 0 Å². The number of amides is 1. The lowest BCUT2D eigenvalue weighted by atomic mass is 10.2. The molecule has 106 valence electrons. The molecule has 0 aliphatic heterocycles. The summed E-state index contributed by atoms with van der Waals surface area (Å²) in [6.45, 7) is 4.35. The number of carbonyl (C=O) groups excluding carboxylic acids is 1. The molecular formula is C14H19N5O. The van der Waals surface area contributed by atoms with Gasteiger partial charge in [-0.15, -0.1) is 0 Å². The number of hydrogen-bond acceptors (Lipinski definition) is 4. The number of rotatable bonds is 6. The third-order valence-electron chi connectivity index (χ3n) is 3.21. The first-order valence-electron chi connectivity index (χ1n) is 6.59. The maximum absolute atomic E-state index is 11.8. The van der Waals surface area contributed by atoms with Gasteiger partial charge >= 0.3 is 0 Å². The van der Waals surface area contributed by atoms with E-state index < -0.39 is 0 Å². The van der Waals surface area contributed by atoms with E-state index >= 15 is 0 Å². The molecule has 0 bridgehead atoms. The first-order valence-corrected chi connectivity index (χ1v) is 6.59. The number of aromatic nitrogens is 3. The molecular weight excluding hydrogens is 254 g/mol. The van der Waals surface area contributed by atoms with E-state index in [4.69, 9.17) is 0 Å². The first-order chi connectivity index (χ1) is 9.66. The Bertz CT molecular complexity index is 526. The van der Waals surface area contributed by atoms with Gasteiger partial charge in [-0.1, -0.05) is 0 Å². The van der Waals surface area contributed by atoms with Crippen LogP contribution in [0.3, 0.4) is 0 Å². The molecule has 0 saturated heterocycles. The third-order valence-corrected chi connectivity index (χ3v) is 3.21. The standard InChI is InChI=1S/C14H19N5O/c1-11(12(2)19-9-3-6-17-19)16-10-14(20)18-13-4-7-15-8-5-13/h3-9,11-12,16H,10H2,1-2H3,(H,15,18,20)/t11-,12-/m1/s1. The fraction of sp³-hybridized carbons (Fsp3) is 0.357. The van der Waals surface area contributed by atoms with Crippen LogP contribution >= 0.6 is 0 Å². The Labute approximate surface area is 118 Å². The Kier molecular flexibility index (Phi) is 4.84. The Morgan fingerprint density at radius 3 is 2.70 bits per heavy atom. The quantitative estimate of drug-likeness (QED) is 0.835. The predicted molar refractivity (Wildman–Crippen MR) is 77.3 cm³/mol. The minimum Gasteiger partial charge on any atom is -0.325 e. The van der Waals surface area contributed by atoms with Crippen molar-refractivity contribution in [2.45, 2.75) is 25.9 Å². The van der Waals surface area contributed by atoms with Crippen LogP contribution in [0.5, 0.6) is 0 Å². The molecule has 2 rings (SSSR count). The van der Waals surface area contributed by atoms with E-state index in [1.165, 1.54) is 0 Å². The second-order valence-corrected chi connectivity index (χ2v) is 4.68. The Morgan fingerprint density at radius 1 is 1.30 bits per heavy atom. The molecule has 6 nitrogen and oxygen atoms in total. The Morgan fingerprint density at radius 2 is 2.05 bits per heavy atom. The van der Waals surface area contributed by atoms with Crippen molar-refractivity contribution in [3.05, 3.63) is 43.0 Å². The molecule has 2 aromatic rings. The van der Waals surface area contributed by atoms with Crippen molar-refractivity contribution in [3.8, 4) is 0 Å². The normalized spacial score (nSPS) is 13.7. The first kappa shape index (κ1) is 14.2. The molecule has 0 aromatic carbocycles. The molecule has 0 aliphatic carbocycles. The van der Waals surface area contributed by atoms with E-state index in [0.717, 1.165) is 5.69 Å². The SMILES string of the molecule is C[C@H]([C@@H](C)NCC(=O)Nc1ccncc1)n1cccn1. The topological polar surface area (TPSA) is 71.8 Å². The number of anilines is 1. The molecule has 2 atom stereocenters. The number of carbonyl (C=O) groups is 1. The van der Waals surface area contributed by atoms with Crippen molar-refractivity contribution < 1.29 is 4.79 Å². The van der Waals surface area contributed by atoms with E-state index in [-0.39, 0.29) is 24.5 Å². The molecule has 2 aromatic heterocycles. The Hall–Kier alpha value is -2.21. The minimum atomic E-state index is -0.0734. The Balaban J connectivity index is 1.78. The molecule has 0 spiro atoms. The van der Waals surface area contributed by atoms with Crippen LogP contribution in [0.25, 0.3) is 0 Å². The monoisotopic (exact) mass is 273 g/mol. The van der Waals surface area contributed by atoms with Crippen LogP contribution in [0.15, 0.2) is 43.0 Å². The van der Waals surface area contributed by atoms with Crippen molar-refractivity contribution in [1.29, 1.82) is 0 Å². The zero-order valence-corrected chi connectivity index (χ0v) is 11.7. The van der Waals surface area contributed by atoms with Crippen LogP contribution in [-0.4, -0.2) is 33.3 Å². The van der Waals surface area contributed by atoms with Gasteiger partial charge in [0.1, 0.15) is 0 Å². The predicted octanol–water partition coefficient (Wildman–Crippen LogP) is 1.46. The van der Waals surface area contributed by atoms with Gasteiger partial charge in [0.05, 0.1) is 12.6 Å². The summed E-state index contributed by atoms with van der Waals surface area (Å²) in [6, 6.07) is 5.72. The highest BCUT2D eigenvalue weighted by Gasteiger charge is 2.14. The summed E-state index contributed by atoms with van der Waals surface area (Å²) in [5.74, 6) is -0.0734. The summed E-state index contributed by atoms with van der Waals surface area (Å²) in [7, 11) is 0. The summed E-state index contributed by atoms with van der Waals surface area (Å²) in [6.07, 6.45) is 6.95. The second kappa shape index (κ2) is 6.81. The van der Waals surface area contributed by atoms with Crippen molar-refractivity contribution in [2.75, 3.05) is 11.9 Å². The van der Waals surface area contributed by atoms with Crippen LogP contribution in [0.2, 0.25) is 0 Å². The fourth-order valence-electron chi connectivity index (χ4n) is 1.82. The largest absolute Gasteiger partial charge is 0.325 e. The molecule has 2 N–H and O–H groups in total. The fourth-order valence-corrected chi connectivity index (χ4v) is 1.82. The van der Waals surface area contributed by atoms with Gasteiger partial charge in [-0.05, 0) is 32.0 Å². The van der Waals surface area contributed by atoms with Crippen LogP contribution in [0.1, 0.15) is 19.9 Å². The molecule has 20 heavy (non-hydrogen) atoms. The van der Waals surface area contributed by atoms with Crippen molar-refractivity contribution >= 4 is 11.6 Å². The van der Waals surface area contributed by atoms with Crippen molar-refractivity contribution in [1.82, 2.24) is 20.1 Å². The van der Waals surface area contributed by atoms with Gasteiger partial charge in [0.15, 0.2) is 0 Å². The molecule has 1 amide bonds. The van der Waals surface area contributed by atoms with Crippen LogP contribution < -0.4 is 10.6 Å². The summed E-state index contributed by atoms with van der Waals surface area (Å²) in [4.78, 5) is 15.7. The minimum absolute atomic E-state index is 0.0734. The second-order valence-electron chi connectivity index (χ2n) is 4.68. The molecule has 0 unspecified atom stereocenters. The van der Waals surface area contributed by atoms with E-state index in [2.05, 4.69) is 27.6 Å². The van der Waals surface area contributed by atoms with Crippen LogP contribution in [-0.2, 0) is 4.79 Å². The number of hydrogen-bond donors (Lipinski definition) is 2. The highest BCUT2D eigenvalue weighted by Crippen LogP contribution is 2.08. The summed E-state index contributed by atoms with van der Waals surface area (Å²) >= 11 is 0. The highest BCUT2D eigenvalue weighted by molar-refractivity contribution is 5.92. The lowest BCUT2D eigenvalue weighted by Crippen LogP contribution is -2.39. The summed E-state index contributed by atoms with van der Waals surface area (Å²) < 4.78 is 1.87. The number of nitrogens with one attached hydrogen (secondary N) is 2. The van der Waals surface area contributed by atoms with Gasteiger partial charge in [0.2, 0.25) is 5.91 Å². The van der Waals surface area contributed by atoms with E-state index in [1.54, 1.807) is 30.7 Å². The van der Waals surface area contributed by atoms with E-state index in [1.807, 2.05) is 23.9 Å². The molecule has 0 aliphatic rings. The van der Waals surface area contributed by atoms with Gasteiger partial charge in [0.25, 0.3) is 0 Å². The molecule has 6 heteroatoms. The third kappa shape index (κ3) is 3.89. The highest BCUT2D eigenvalue weighted by atomic mass is 16.1. The van der Waals surface area contributed by atoms with Crippen molar-refractivity contribution in [2.24, 2.45) is 0 Å². The average molecular weight is 273 g/mol. The molecule has 0 radical (unpaired) electrons. The number of pyridine rings is 1. The molecule has 0 saturated carbocycles. The molecule has 0 fully saturated rings. The maximum atomic E-state index is 11.8. The maximum Gasteiger partial charge on any atom is 0.238 e. The van der Waals surface area contributed by atoms with E-state index in [9.17, 15) is 4.79 Å². The lowest BCUT2D eigenvalue weighted by molar-refractivity contribution is -0.115. The van der Waals surface area contributed by atoms with Crippen LogP contribution in [0.4, 0.5) is 5.69 Å². The van der Waals surface area contributed by atoms with Gasteiger partial charge in [-0.3, -0.25) is 14.5 Å². The smallest absolute Gasteiger partial charge is 0.238 e. The zero-order chi connectivity index (χ0) is 14.4. The number of nitrogens with zero attached hydrogens (tertiary/aromatic N) is 3. The van der Waals surface area contributed by atoms with Gasteiger partial charge in [-0.2, -0.15) is 5.10 Å². The van der Waals surface area contributed by atoms with Crippen molar-refractivity contribution in [3.63, 3.8) is 0 Å². The summed E-state index contributed by atoms with van der Waals surface area (Å²) in [5.41, 5.74) is 0.750. The zero-order valence-electron chi connectivity index (χ0n) is 11.7. The van der Waals surface area contributed by atoms with Crippen LogP contribution in [0, 0.1) is 0 Å². The van der Waals surface area contributed by atoms with Gasteiger partial charge in [0, 0.05) is 36.5 Å².